The second kappa shape index (κ2) is 7.62. The van der Waals surface area contributed by atoms with Gasteiger partial charge in [-0.05, 0) is 34.2 Å². The Balaban J connectivity index is 1.61. The van der Waals surface area contributed by atoms with E-state index in [-0.39, 0.29) is 12.2 Å². The van der Waals surface area contributed by atoms with Crippen molar-refractivity contribution in [3.05, 3.63) is 0 Å². The Morgan fingerprint density at radius 1 is 1.14 bits per heavy atom. The minimum absolute atomic E-state index is 0.153. The summed E-state index contributed by atoms with van der Waals surface area (Å²) < 4.78 is 11.3. The molecule has 1 atom stereocenters. The van der Waals surface area contributed by atoms with Crippen molar-refractivity contribution in [3.8, 4) is 0 Å². The van der Waals surface area contributed by atoms with Crippen molar-refractivity contribution in [2.45, 2.75) is 38.9 Å². The minimum Gasteiger partial charge on any atom is -0.444 e. The zero-order valence-electron chi connectivity index (χ0n) is 14.5. The van der Waals surface area contributed by atoms with E-state index in [1.807, 2.05) is 20.8 Å². The summed E-state index contributed by atoms with van der Waals surface area (Å²) in [5.74, 6) is 0. The molecule has 2 aliphatic heterocycles. The second-order valence-electron chi connectivity index (χ2n) is 7.35. The Morgan fingerprint density at radius 2 is 1.82 bits per heavy atom. The average molecular weight is 313 g/mol. The third-order valence-corrected chi connectivity index (χ3v) is 4.15. The van der Waals surface area contributed by atoms with Gasteiger partial charge in [0.25, 0.3) is 0 Å². The zero-order valence-corrected chi connectivity index (χ0v) is 14.5. The van der Waals surface area contributed by atoms with Gasteiger partial charge in [-0.2, -0.15) is 0 Å². The highest BCUT2D eigenvalue weighted by molar-refractivity contribution is 5.68. The third kappa shape index (κ3) is 5.74. The lowest BCUT2D eigenvalue weighted by atomic mass is 10.2. The number of carbonyl (C=O) groups is 1. The monoisotopic (exact) mass is 313 g/mol. The Labute approximate surface area is 134 Å². The molecular weight excluding hydrogens is 282 g/mol. The molecule has 1 unspecified atom stereocenters. The van der Waals surface area contributed by atoms with Crippen LogP contribution >= 0.6 is 0 Å². The van der Waals surface area contributed by atoms with Crippen molar-refractivity contribution >= 4 is 6.09 Å². The number of likely N-dealkylation sites (N-methyl/N-ethyl adjacent to an activating group) is 1. The van der Waals surface area contributed by atoms with Crippen molar-refractivity contribution in [1.29, 1.82) is 0 Å². The maximum Gasteiger partial charge on any atom is 0.410 e. The first-order valence-electron chi connectivity index (χ1n) is 8.34. The molecule has 0 aromatic rings. The van der Waals surface area contributed by atoms with Crippen molar-refractivity contribution in [3.63, 3.8) is 0 Å². The summed E-state index contributed by atoms with van der Waals surface area (Å²) in [6, 6.07) is 0. The van der Waals surface area contributed by atoms with E-state index >= 15 is 0 Å². The van der Waals surface area contributed by atoms with Crippen molar-refractivity contribution < 1.29 is 14.3 Å². The summed E-state index contributed by atoms with van der Waals surface area (Å²) in [6.07, 6.45) is 0.833. The molecule has 6 nitrogen and oxygen atoms in total. The molecule has 0 aromatic heterocycles. The summed E-state index contributed by atoms with van der Waals surface area (Å²) in [4.78, 5) is 18.5. The van der Waals surface area contributed by atoms with E-state index in [0.717, 1.165) is 52.3 Å². The molecule has 0 aromatic carbocycles. The first kappa shape index (κ1) is 17.5. The van der Waals surface area contributed by atoms with Gasteiger partial charge in [0.15, 0.2) is 0 Å². The van der Waals surface area contributed by atoms with Gasteiger partial charge < -0.3 is 19.3 Å². The Kier molecular flexibility index (Phi) is 6.06. The lowest BCUT2D eigenvalue weighted by molar-refractivity contribution is 0.0160. The molecule has 1 amide bonds. The van der Waals surface area contributed by atoms with Crippen molar-refractivity contribution in [2.75, 3.05) is 59.5 Å². The molecule has 128 valence electrons. The number of rotatable bonds is 4. The van der Waals surface area contributed by atoms with Crippen LogP contribution in [0.25, 0.3) is 0 Å². The molecular formula is C16H31N3O3. The first-order valence-corrected chi connectivity index (χ1v) is 8.34. The Morgan fingerprint density at radius 3 is 2.45 bits per heavy atom. The molecule has 0 N–H and O–H groups in total. The van der Waals surface area contributed by atoms with Crippen LogP contribution in [0.4, 0.5) is 4.79 Å². The SMILES string of the molecule is CN1CCN(CCOC2CCN(C(=O)OC(C)(C)C)C2)CC1. The van der Waals surface area contributed by atoms with E-state index < -0.39 is 5.60 Å². The van der Waals surface area contributed by atoms with Crippen molar-refractivity contribution in [2.24, 2.45) is 0 Å². The Hall–Kier alpha value is -0.850. The highest BCUT2D eigenvalue weighted by atomic mass is 16.6. The fourth-order valence-corrected chi connectivity index (χ4v) is 2.78. The van der Waals surface area contributed by atoms with E-state index in [1.54, 1.807) is 4.90 Å². The summed E-state index contributed by atoms with van der Waals surface area (Å²) in [7, 11) is 2.16. The summed E-state index contributed by atoms with van der Waals surface area (Å²) in [5.41, 5.74) is -0.433. The molecule has 0 bridgehead atoms. The van der Waals surface area contributed by atoms with E-state index in [4.69, 9.17) is 9.47 Å². The molecule has 0 saturated carbocycles. The lowest BCUT2D eigenvalue weighted by Crippen LogP contribution is -2.45. The minimum atomic E-state index is -0.433. The van der Waals surface area contributed by atoms with Crippen LogP contribution in [0, 0.1) is 0 Å². The van der Waals surface area contributed by atoms with Gasteiger partial charge in [-0.15, -0.1) is 0 Å². The van der Waals surface area contributed by atoms with E-state index in [1.165, 1.54) is 0 Å². The quantitative estimate of drug-likeness (QED) is 0.782. The predicted molar refractivity (Wildman–Crippen MR) is 86.1 cm³/mol. The first-order chi connectivity index (χ1) is 10.3. The number of likely N-dealkylation sites (tertiary alicyclic amines) is 1. The van der Waals surface area contributed by atoms with Crippen LogP contribution in [0.15, 0.2) is 0 Å². The Bertz CT molecular complexity index is 362. The number of hydrogen-bond donors (Lipinski definition) is 0. The maximum absolute atomic E-state index is 12.0. The van der Waals surface area contributed by atoms with Gasteiger partial charge in [0, 0.05) is 39.3 Å². The predicted octanol–water partition coefficient (Wildman–Crippen LogP) is 1.26. The molecule has 22 heavy (non-hydrogen) atoms. The summed E-state index contributed by atoms with van der Waals surface area (Å²) in [5, 5.41) is 0. The molecule has 2 aliphatic rings. The largest absolute Gasteiger partial charge is 0.444 e. The standard InChI is InChI=1S/C16H31N3O3/c1-16(2,3)22-15(20)19-6-5-14(13-19)21-12-11-18-9-7-17(4)8-10-18/h14H,5-13H2,1-4H3. The van der Waals surface area contributed by atoms with Gasteiger partial charge >= 0.3 is 6.09 Å². The molecule has 2 rings (SSSR count). The van der Waals surface area contributed by atoms with Gasteiger partial charge in [-0.1, -0.05) is 0 Å². The number of carbonyl (C=O) groups excluding carboxylic acids is 1. The summed E-state index contributed by atoms with van der Waals surface area (Å²) in [6.45, 7) is 13.3. The van der Waals surface area contributed by atoms with E-state index in [9.17, 15) is 4.79 Å². The highest BCUT2D eigenvalue weighted by Gasteiger charge is 2.30. The summed E-state index contributed by atoms with van der Waals surface area (Å²) >= 11 is 0. The number of hydrogen-bond acceptors (Lipinski definition) is 5. The van der Waals surface area contributed by atoms with Crippen LogP contribution in [0.5, 0.6) is 0 Å². The van der Waals surface area contributed by atoms with Gasteiger partial charge in [0.05, 0.1) is 19.3 Å². The molecule has 6 heteroatoms. The average Bonchev–Trinajstić information content (AvgIpc) is 2.88. The molecule has 0 radical (unpaired) electrons. The molecule has 2 heterocycles. The number of amides is 1. The smallest absolute Gasteiger partial charge is 0.410 e. The highest BCUT2D eigenvalue weighted by Crippen LogP contribution is 2.17. The van der Waals surface area contributed by atoms with Crippen LogP contribution < -0.4 is 0 Å². The van der Waals surface area contributed by atoms with E-state index in [2.05, 4.69) is 16.8 Å². The van der Waals surface area contributed by atoms with Crippen LogP contribution in [-0.4, -0.2) is 92.0 Å². The number of ether oxygens (including phenoxy) is 2. The molecule has 0 aliphatic carbocycles. The second-order valence-corrected chi connectivity index (χ2v) is 7.35. The van der Waals surface area contributed by atoms with Crippen LogP contribution in [0.3, 0.4) is 0 Å². The third-order valence-electron chi connectivity index (χ3n) is 4.15. The molecule has 0 spiro atoms. The van der Waals surface area contributed by atoms with Gasteiger partial charge in [0.2, 0.25) is 0 Å². The molecule has 2 fully saturated rings. The molecule has 2 saturated heterocycles. The zero-order chi connectivity index (χ0) is 16.2. The fourth-order valence-electron chi connectivity index (χ4n) is 2.78. The number of nitrogens with zero attached hydrogens (tertiary/aromatic N) is 3. The van der Waals surface area contributed by atoms with Crippen molar-refractivity contribution in [1.82, 2.24) is 14.7 Å². The van der Waals surface area contributed by atoms with Crippen LogP contribution in [-0.2, 0) is 9.47 Å². The van der Waals surface area contributed by atoms with E-state index in [0.29, 0.717) is 6.54 Å². The van der Waals surface area contributed by atoms with Gasteiger partial charge in [-0.3, -0.25) is 4.90 Å². The van der Waals surface area contributed by atoms with Gasteiger partial charge in [0.1, 0.15) is 5.60 Å². The van der Waals surface area contributed by atoms with Gasteiger partial charge in [-0.25, -0.2) is 4.79 Å². The lowest BCUT2D eigenvalue weighted by Gasteiger charge is -2.32. The van der Waals surface area contributed by atoms with Crippen LogP contribution in [0.1, 0.15) is 27.2 Å². The maximum atomic E-state index is 12.0. The topological polar surface area (TPSA) is 45.2 Å². The van der Waals surface area contributed by atoms with Crippen LogP contribution in [0.2, 0.25) is 0 Å². The number of piperazine rings is 1. The normalized spacial score (nSPS) is 24.7. The fraction of sp³-hybridized carbons (Fsp3) is 0.938.